The van der Waals surface area contributed by atoms with Gasteiger partial charge in [-0.1, -0.05) is 13.0 Å². The molecule has 0 aliphatic heterocycles. The van der Waals surface area contributed by atoms with Gasteiger partial charge in [0.1, 0.15) is 0 Å². The quantitative estimate of drug-likeness (QED) is 0.762. The van der Waals surface area contributed by atoms with Crippen LogP contribution in [0.25, 0.3) is 0 Å². The van der Waals surface area contributed by atoms with Crippen LogP contribution in [-0.4, -0.2) is 19.9 Å². The van der Waals surface area contributed by atoms with Crippen molar-refractivity contribution in [2.24, 2.45) is 0 Å². The van der Waals surface area contributed by atoms with Crippen molar-refractivity contribution < 1.29 is 8.42 Å². The predicted octanol–water partition coefficient (Wildman–Crippen LogP) is 2.49. The number of hydrogen-bond donors (Lipinski definition) is 2. The number of nitrogens with one attached hydrogen (secondary N) is 2. The molecular weight excluding hydrogens is 374 g/mol. The summed E-state index contributed by atoms with van der Waals surface area (Å²) in [4.78, 5) is 4.31. The molecule has 114 valence electrons. The molecule has 5 nitrogen and oxygen atoms in total. The van der Waals surface area contributed by atoms with E-state index in [0.29, 0.717) is 16.7 Å². The van der Waals surface area contributed by atoms with E-state index in [2.05, 4.69) is 31.0 Å². The number of thiazole rings is 1. The fourth-order valence-electron chi connectivity index (χ4n) is 1.70. The molecule has 2 aromatic rings. The second-order valence-corrected chi connectivity index (χ2v) is 7.66. The summed E-state index contributed by atoms with van der Waals surface area (Å²) in [5.41, 5.74) is 3.31. The van der Waals surface area contributed by atoms with Crippen molar-refractivity contribution in [1.29, 1.82) is 0 Å². The van der Waals surface area contributed by atoms with Crippen LogP contribution in [0.4, 0.5) is 0 Å². The lowest BCUT2D eigenvalue weighted by molar-refractivity contribution is 0.580. The van der Waals surface area contributed by atoms with Crippen molar-refractivity contribution in [3.05, 3.63) is 44.8 Å². The second-order valence-electron chi connectivity index (χ2n) is 4.35. The van der Waals surface area contributed by atoms with Crippen molar-refractivity contribution >= 4 is 37.3 Å². The van der Waals surface area contributed by atoms with Gasteiger partial charge in [-0.3, -0.25) is 0 Å². The Balaban J connectivity index is 2.17. The number of hydrogen-bond acceptors (Lipinski definition) is 5. The number of aromatic nitrogens is 1. The van der Waals surface area contributed by atoms with Crippen LogP contribution >= 0.6 is 27.3 Å². The van der Waals surface area contributed by atoms with Crippen molar-refractivity contribution in [3.8, 4) is 0 Å². The van der Waals surface area contributed by atoms with Crippen LogP contribution in [0.5, 0.6) is 0 Å². The number of sulfonamides is 1. The van der Waals surface area contributed by atoms with E-state index in [1.165, 1.54) is 11.3 Å². The van der Waals surface area contributed by atoms with Gasteiger partial charge >= 0.3 is 0 Å². The van der Waals surface area contributed by atoms with Crippen LogP contribution in [0.1, 0.15) is 18.2 Å². The summed E-state index contributed by atoms with van der Waals surface area (Å²) >= 11 is 4.74. The molecule has 2 N–H and O–H groups in total. The maximum Gasteiger partial charge on any atom is 0.242 e. The van der Waals surface area contributed by atoms with Gasteiger partial charge in [0.05, 0.1) is 22.6 Å². The largest absolute Gasteiger partial charge is 0.313 e. The highest BCUT2D eigenvalue weighted by molar-refractivity contribution is 9.10. The molecular formula is C13H16BrN3O2S2. The molecule has 0 saturated carbocycles. The molecule has 21 heavy (non-hydrogen) atoms. The summed E-state index contributed by atoms with van der Waals surface area (Å²) in [6.07, 6.45) is 0. The zero-order valence-electron chi connectivity index (χ0n) is 11.5. The number of rotatable bonds is 7. The summed E-state index contributed by atoms with van der Waals surface area (Å²) in [5.74, 6) is 0. The Labute approximate surface area is 137 Å². The molecule has 0 atom stereocenters. The monoisotopic (exact) mass is 389 g/mol. The molecule has 0 aliphatic rings. The first-order chi connectivity index (χ1) is 10.0. The van der Waals surface area contributed by atoms with Crippen LogP contribution in [0.3, 0.4) is 0 Å². The van der Waals surface area contributed by atoms with E-state index in [4.69, 9.17) is 0 Å². The average molecular weight is 390 g/mol. The van der Waals surface area contributed by atoms with Gasteiger partial charge in [0.2, 0.25) is 10.0 Å². The third kappa shape index (κ3) is 4.58. The van der Waals surface area contributed by atoms with Crippen molar-refractivity contribution in [1.82, 2.24) is 15.0 Å². The number of benzene rings is 1. The van der Waals surface area contributed by atoms with Crippen LogP contribution in [-0.2, 0) is 23.1 Å². The zero-order chi connectivity index (χ0) is 15.3. The van der Waals surface area contributed by atoms with Crippen LogP contribution < -0.4 is 10.0 Å². The van der Waals surface area contributed by atoms with Crippen LogP contribution in [0, 0.1) is 0 Å². The van der Waals surface area contributed by atoms with E-state index in [0.717, 1.165) is 12.1 Å². The highest BCUT2D eigenvalue weighted by Gasteiger charge is 2.18. The van der Waals surface area contributed by atoms with E-state index in [9.17, 15) is 8.42 Å². The van der Waals surface area contributed by atoms with E-state index in [-0.39, 0.29) is 11.4 Å². The Kier molecular flexibility index (Phi) is 5.88. The third-order valence-corrected chi connectivity index (χ3v) is 5.82. The average Bonchev–Trinajstić information content (AvgIpc) is 2.97. The van der Waals surface area contributed by atoms with Gasteiger partial charge < -0.3 is 5.32 Å². The predicted molar refractivity (Wildman–Crippen MR) is 87.7 cm³/mol. The molecule has 0 bridgehead atoms. The smallest absolute Gasteiger partial charge is 0.242 e. The summed E-state index contributed by atoms with van der Waals surface area (Å²) < 4.78 is 27.9. The first-order valence-electron chi connectivity index (χ1n) is 6.39. The molecule has 8 heteroatoms. The van der Waals surface area contributed by atoms with E-state index < -0.39 is 10.0 Å². The Bertz CT molecular complexity index is 687. The molecule has 1 aromatic heterocycles. The minimum atomic E-state index is -3.57. The molecule has 0 radical (unpaired) electrons. The Hall–Kier alpha value is -0.800. The molecule has 1 heterocycles. The summed E-state index contributed by atoms with van der Waals surface area (Å²) in [6.45, 7) is 3.67. The van der Waals surface area contributed by atoms with Gasteiger partial charge in [-0.15, -0.1) is 11.3 Å². The maximum absolute atomic E-state index is 12.4. The van der Waals surface area contributed by atoms with Crippen molar-refractivity contribution in [2.75, 3.05) is 6.54 Å². The van der Waals surface area contributed by atoms with Gasteiger partial charge in [0.25, 0.3) is 0 Å². The summed E-state index contributed by atoms with van der Waals surface area (Å²) in [6, 6.07) is 5.33. The van der Waals surface area contributed by atoms with Crippen molar-refractivity contribution in [3.63, 3.8) is 0 Å². The number of nitrogens with zero attached hydrogens (tertiary/aromatic N) is 1. The SMILES string of the molecule is CCNCc1ccc(Br)c(S(=O)(=O)NCc2cscn2)c1. The first-order valence-corrected chi connectivity index (χ1v) is 9.60. The highest BCUT2D eigenvalue weighted by Crippen LogP contribution is 2.23. The zero-order valence-corrected chi connectivity index (χ0v) is 14.7. The van der Waals surface area contributed by atoms with E-state index in [1.807, 2.05) is 18.4 Å². The fraction of sp³-hybridized carbons (Fsp3) is 0.308. The Morgan fingerprint density at radius 3 is 2.81 bits per heavy atom. The molecule has 0 amide bonds. The molecule has 0 saturated heterocycles. The van der Waals surface area contributed by atoms with Crippen LogP contribution in [0.15, 0.2) is 38.5 Å². The fourth-order valence-corrected chi connectivity index (χ4v) is 4.27. The molecule has 0 aliphatic carbocycles. The van der Waals surface area contributed by atoms with E-state index in [1.54, 1.807) is 17.6 Å². The van der Waals surface area contributed by atoms with Gasteiger partial charge in [0.15, 0.2) is 0 Å². The van der Waals surface area contributed by atoms with Gasteiger partial charge in [0, 0.05) is 16.4 Å². The molecule has 2 rings (SSSR count). The minimum absolute atomic E-state index is 0.190. The minimum Gasteiger partial charge on any atom is -0.313 e. The lowest BCUT2D eigenvalue weighted by atomic mass is 10.2. The molecule has 0 spiro atoms. The topological polar surface area (TPSA) is 71.1 Å². The maximum atomic E-state index is 12.4. The summed E-state index contributed by atoms with van der Waals surface area (Å²) in [7, 11) is -3.57. The Morgan fingerprint density at radius 2 is 2.14 bits per heavy atom. The Morgan fingerprint density at radius 1 is 1.33 bits per heavy atom. The van der Waals surface area contributed by atoms with E-state index >= 15 is 0 Å². The first kappa shape index (κ1) is 16.6. The normalized spacial score (nSPS) is 11.7. The van der Waals surface area contributed by atoms with Crippen LogP contribution in [0.2, 0.25) is 0 Å². The third-order valence-electron chi connectivity index (χ3n) is 2.79. The molecule has 0 unspecified atom stereocenters. The van der Waals surface area contributed by atoms with Gasteiger partial charge in [-0.25, -0.2) is 18.1 Å². The second kappa shape index (κ2) is 7.46. The molecule has 0 fully saturated rings. The lowest BCUT2D eigenvalue weighted by Crippen LogP contribution is -2.24. The molecule has 1 aromatic carbocycles. The highest BCUT2D eigenvalue weighted by atomic mass is 79.9. The number of halogens is 1. The van der Waals surface area contributed by atoms with Crippen molar-refractivity contribution in [2.45, 2.75) is 24.9 Å². The van der Waals surface area contributed by atoms with Gasteiger partial charge in [-0.05, 0) is 40.2 Å². The standard InChI is InChI=1S/C13H16BrN3O2S2/c1-2-15-6-10-3-4-12(14)13(5-10)21(18,19)17-7-11-8-20-9-16-11/h3-5,8-9,15,17H,2,6-7H2,1H3. The lowest BCUT2D eigenvalue weighted by Gasteiger charge is -2.10. The van der Waals surface area contributed by atoms with Gasteiger partial charge in [-0.2, -0.15) is 0 Å². The summed E-state index contributed by atoms with van der Waals surface area (Å²) in [5, 5.41) is 5.00.